The summed E-state index contributed by atoms with van der Waals surface area (Å²) in [6.45, 7) is 0.0445. The maximum Gasteiger partial charge on any atom is 0.303 e. The van der Waals surface area contributed by atoms with Crippen molar-refractivity contribution in [3.8, 4) is 0 Å². The Bertz CT molecular complexity index is 960. The average molecular weight is 376 g/mol. The van der Waals surface area contributed by atoms with Gasteiger partial charge in [-0.05, 0) is 24.3 Å². The number of hydrogen-bond donors (Lipinski definition) is 1. The summed E-state index contributed by atoms with van der Waals surface area (Å²) in [5, 5.41) is 9.23. The molecule has 1 aromatic heterocycles. The normalized spacial score (nSPS) is 10.8. The minimum atomic E-state index is -1.07. The summed E-state index contributed by atoms with van der Waals surface area (Å²) in [4.78, 5) is 28.8. The molecule has 0 atom stereocenters. The van der Waals surface area contributed by atoms with E-state index in [1.165, 1.54) is 11.0 Å². The molecule has 0 saturated heterocycles. The number of hydrogen-bond acceptors (Lipinski definition) is 4. The van der Waals surface area contributed by atoms with Gasteiger partial charge in [-0.1, -0.05) is 18.2 Å². The molecule has 2 aromatic carbocycles. The molecule has 26 heavy (non-hydrogen) atoms. The Morgan fingerprint density at radius 2 is 1.81 bits per heavy atom. The smallest absolute Gasteiger partial charge is 0.303 e. The Balaban J connectivity index is 1.91. The first-order valence-electron chi connectivity index (χ1n) is 7.76. The van der Waals surface area contributed by atoms with E-state index in [1.807, 2.05) is 0 Å². The molecule has 0 spiro atoms. The van der Waals surface area contributed by atoms with E-state index < -0.39 is 17.6 Å². The van der Waals surface area contributed by atoms with Crippen molar-refractivity contribution in [2.24, 2.45) is 0 Å². The SMILES string of the molecule is O=C(O)CCC(=O)N(Cc1nc2c(F)c(F)ccc2s1)c1ccccc1. The lowest BCUT2D eigenvalue weighted by Gasteiger charge is -2.21. The van der Waals surface area contributed by atoms with E-state index in [9.17, 15) is 18.4 Å². The number of halogens is 2. The van der Waals surface area contributed by atoms with Crippen LogP contribution in [-0.2, 0) is 16.1 Å². The highest BCUT2D eigenvalue weighted by atomic mass is 32.1. The number of thiazole rings is 1. The van der Waals surface area contributed by atoms with Gasteiger partial charge in [0.1, 0.15) is 10.5 Å². The Labute approximate surface area is 151 Å². The quantitative estimate of drug-likeness (QED) is 0.707. The van der Waals surface area contributed by atoms with Crippen LogP contribution in [0.15, 0.2) is 42.5 Å². The van der Waals surface area contributed by atoms with Gasteiger partial charge in [0, 0.05) is 12.1 Å². The molecule has 0 aliphatic heterocycles. The number of fused-ring (bicyclic) bond motifs is 1. The number of benzene rings is 2. The van der Waals surface area contributed by atoms with Gasteiger partial charge < -0.3 is 10.0 Å². The second kappa shape index (κ2) is 7.57. The first-order valence-corrected chi connectivity index (χ1v) is 8.58. The molecular formula is C18H14F2N2O3S. The molecule has 3 aromatic rings. The average Bonchev–Trinajstić information content (AvgIpc) is 3.05. The predicted octanol–water partition coefficient (Wildman–Crippen LogP) is 3.97. The van der Waals surface area contributed by atoms with E-state index in [0.29, 0.717) is 15.4 Å². The van der Waals surface area contributed by atoms with Crippen LogP contribution >= 0.6 is 11.3 Å². The summed E-state index contributed by atoms with van der Waals surface area (Å²) in [6.07, 6.45) is -0.458. The number of carbonyl (C=O) groups excluding carboxylic acids is 1. The number of aliphatic carboxylic acids is 1. The summed E-state index contributed by atoms with van der Waals surface area (Å²) in [5.41, 5.74) is 0.504. The molecule has 0 aliphatic rings. The zero-order valence-corrected chi connectivity index (χ0v) is 14.3. The molecule has 0 aliphatic carbocycles. The predicted molar refractivity (Wildman–Crippen MR) is 94.0 cm³/mol. The second-order valence-corrected chi connectivity index (χ2v) is 6.64. The number of carbonyl (C=O) groups is 2. The van der Waals surface area contributed by atoms with Crippen LogP contribution in [0.3, 0.4) is 0 Å². The lowest BCUT2D eigenvalue weighted by Crippen LogP contribution is -2.30. The fourth-order valence-electron chi connectivity index (χ4n) is 2.47. The van der Waals surface area contributed by atoms with Gasteiger partial charge >= 0.3 is 5.97 Å². The van der Waals surface area contributed by atoms with Crippen LogP contribution in [-0.4, -0.2) is 22.0 Å². The van der Waals surface area contributed by atoms with E-state index in [1.54, 1.807) is 30.3 Å². The first-order chi connectivity index (χ1) is 12.5. The highest BCUT2D eigenvalue weighted by Crippen LogP contribution is 2.28. The number of carboxylic acid groups (broad SMARTS) is 1. The summed E-state index contributed by atoms with van der Waals surface area (Å²) in [5.74, 6) is -3.45. The third kappa shape index (κ3) is 3.85. The third-order valence-corrected chi connectivity index (χ3v) is 4.72. The Morgan fingerprint density at radius 1 is 1.08 bits per heavy atom. The van der Waals surface area contributed by atoms with Crippen molar-refractivity contribution in [1.82, 2.24) is 4.98 Å². The maximum atomic E-state index is 13.9. The van der Waals surface area contributed by atoms with Crippen LogP contribution in [0.5, 0.6) is 0 Å². The molecule has 0 radical (unpaired) electrons. The number of anilines is 1. The number of aromatic nitrogens is 1. The second-order valence-electron chi connectivity index (χ2n) is 5.52. The zero-order valence-electron chi connectivity index (χ0n) is 13.5. The third-order valence-electron chi connectivity index (χ3n) is 3.71. The molecule has 0 fully saturated rings. The minimum absolute atomic E-state index is 0.0445. The lowest BCUT2D eigenvalue weighted by atomic mass is 10.2. The number of rotatable bonds is 6. The van der Waals surface area contributed by atoms with E-state index >= 15 is 0 Å². The fraction of sp³-hybridized carbons (Fsp3) is 0.167. The molecule has 5 nitrogen and oxygen atoms in total. The van der Waals surface area contributed by atoms with Gasteiger partial charge in [0.05, 0.1) is 17.7 Å². The molecule has 0 bridgehead atoms. The van der Waals surface area contributed by atoms with Gasteiger partial charge in [-0.25, -0.2) is 13.8 Å². The van der Waals surface area contributed by atoms with Gasteiger partial charge in [0.2, 0.25) is 5.91 Å². The Morgan fingerprint density at radius 3 is 2.50 bits per heavy atom. The molecule has 0 saturated carbocycles. The largest absolute Gasteiger partial charge is 0.481 e. The standard InChI is InChI=1S/C18H14F2N2O3S/c19-12-6-7-13-18(17(12)20)21-14(26-13)10-22(11-4-2-1-3-5-11)15(23)8-9-16(24)25/h1-7H,8-10H2,(H,24,25). The van der Waals surface area contributed by atoms with Crippen molar-refractivity contribution in [3.63, 3.8) is 0 Å². The molecule has 134 valence electrons. The fourth-order valence-corrected chi connectivity index (χ4v) is 3.42. The summed E-state index contributed by atoms with van der Waals surface area (Å²) < 4.78 is 27.7. The number of nitrogens with zero attached hydrogens (tertiary/aromatic N) is 2. The topological polar surface area (TPSA) is 70.5 Å². The lowest BCUT2D eigenvalue weighted by molar-refractivity contribution is -0.138. The Hall–Kier alpha value is -2.87. The van der Waals surface area contributed by atoms with E-state index in [4.69, 9.17) is 5.11 Å². The molecular weight excluding hydrogens is 362 g/mol. The van der Waals surface area contributed by atoms with Gasteiger partial charge in [0.25, 0.3) is 0 Å². The van der Waals surface area contributed by atoms with Crippen LogP contribution in [0.25, 0.3) is 10.2 Å². The monoisotopic (exact) mass is 376 g/mol. The maximum absolute atomic E-state index is 13.9. The van der Waals surface area contributed by atoms with Crippen LogP contribution in [0, 0.1) is 11.6 Å². The van der Waals surface area contributed by atoms with Crippen LogP contribution < -0.4 is 4.90 Å². The summed E-state index contributed by atoms with van der Waals surface area (Å²) >= 11 is 1.16. The van der Waals surface area contributed by atoms with Crippen molar-refractivity contribution in [2.75, 3.05) is 4.90 Å². The van der Waals surface area contributed by atoms with Crippen LogP contribution in [0.2, 0.25) is 0 Å². The highest BCUT2D eigenvalue weighted by Gasteiger charge is 2.20. The number of amides is 1. The number of para-hydroxylation sites is 1. The highest BCUT2D eigenvalue weighted by molar-refractivity contribution is 7.18. The van der Waals surface area contributed by atoms with Gasteiger partial charge in [0.15, 0.2) is 11.6 Å². The number of carboxylic acids is 1. The molecule has 1 amide bonds. The van der Waals surface area contributed by atoms with Crippen molar-refractivity contribution in [3.05, 3.63) is 59.1 Å². The van der Waals surface area contributed by atoms with E-state index in [2.05, 4.69) is 4.98 Å². The summed E-state index contributed by atoms with van der Waals surface area (Å²) in [7, 11) is 0. The van der Waals surface area contributed by atoms with Gasteiger partial charge in [-0.3, -0.25) is 9.59 Å². The van der Waals surface area contributed by atoms with Crippen molar-refractivity contribution in [2.45, 2.75) is 19.4 Å². The first kappa shape index (κ1) is 17.9. The van der Waals surface area contributed by atoms with Crippen molar-refractivity contribution in [1.29, 1.82) is 0 Å². The molecule has 1 heterocycles. The van der Waals surface area contributed by atoms with Gasteiger partial charge in [-0.2, -0.15) is 0 Å². The van der Waals surface area contributed by atoms with Crippen LogP contribution in [0.1, 0.15) is 17.8 Å². The molecule has 0 unspecified atom stereocenters. The van der Waals surface area contributed by atoms with Crippen molar-refractivity contribution >= 4 is 39.1 Å². The Kier molecular flexibility index (Phi) is 5.22. The van der Waals surface area contributed by atoms with E-state index in [0.717, 1.165) is 17.4 Å². The zero-order chi connectivity index (χ0) is 18.7. The minimum Gasteiger partial charge on any atom is -0.481 e. The molecule has 3 rings (SSSR count). The van der Waals surface area contributed by atoms with Gasteiger partial charge in [-0.15, -0.1) is 11.3 Å². The van der Waals surface area contributed by atoms with Crippen molar-refractivity contribution < 1.29 is 23.5 Å². The summed E-state index contributed by atoms with van der Waals surface area (Å²) in [6, 6.07) is 11.2. The molecule has 8 heteroatoms. The van der Waals surface area contributed by atoms with E-state index in [-0.39, 0.29) is 30.8 Å². The molecule has 1 N–H and O–H groups in total. The van der Waals surface area contributed by atoms with Crippen LogP contribution in [0.4, 0.5) is 14.5 Å².